The molecule has 4 aliphatic rings. The van der Waals surface area contributed by atoms with E-state index < -0.39 is 34.5 Å². The molecule has 3 fully saturated rings. The van der Waals surface area contributed by atoms with Gasteiger partial charge in [0.15, 0.2) is 10.8 Å². The van der Waals surface area contributed by atoms with E-state index in [1.165, 1.54) is 41.8 Å². The molecule has 6 heterocycles. The van der Waals surface area contributed by atoms with Crippen molar-refractivity contribution >= 4 is 44.4 Å². The lowest BCUT2D eigenvalue weighted by Gasteiger charge is -2.36. The van der Waals surface area contributed by atoms with Crippen LogP contribution in [0, 0.1) is 11.7 Å². The van der Waals surface area contributed by atoms with E-state index in [9.17, 15) is 26.7 Å². The second-order valence-electron chi connectivity index (χ2n) is 11.5. The van der Waals surface area contributed by atoms with Gasteiger partial charge in [0, 0.05) is 58.3 Å². The summed E-state index contributed by atoms with van der Waals surface area (Å²) < 4.78 is 71.1. The average Bonchev–Trinajstić information content (AvgIpc) is 3.74. The van der Waals surface area contributed by atoms with Gasteiger partial charge in [0.05, 0.1) is 17.6 Å². The zero-order chi connectivity index (χ0) is 30.0. The number of rotatable bonds is 7. The third-order valence-corrected chi connectivity index (χ3v) is 11.9. The fourth-order valence-corrected chi connectivity index (χ4v) is 10.3. The van der Waals surface area contributed by atoms with Crippen LogP contribution in [0.15, 0.2) is 52.7 Å². The Kier molecular flexibility index (Phi) is 7.40. The van der Waals surface area contributed by atoms with E-state index in [4.69, 9.17) is 16.6 Å². The van der Waals surface area contributed by atoms with E-state index in [1.807, 2.05) is 4.90 Å². The summed E-state index contributed by atoms with van der Waals surface area (Å²) in [5.41, 5.74) is 1.92. The van der Waals surface area contributed by atoms with Crippen LogP contribution in [0.4, 0.5) is 13.2 Å². The highest BCUT2D eigenvalue weighted by Gasteiger charge is 2.48. The molecule has 228 valence electrons. The Morgan fingerprint density at radius 1 is 1.16 bits per heavy atom. The Bertz CT molecular complexity index is 1700. The number of allylic oxidation sites excluding steroid dienone is 1. The van der Waals surface area contributed by atoms with Crippen molar-refractivity contribution < 1.29 is 26.7 Å². The Hall–Kier alpha value is -2.78. The molecule has 1 aromatic carbocycles. The number of piperidine rings is 1. The fraction of sp³-hybridized carbons (Fsp3) is 0.464. The van der Waals surface area contributed by atoms with Crippen molar-refractivity contribution in [3.05, 3.63) is 74.8 Å². The molecule has 4 atom stereocenters. The summed E-state index contributed by atoms with van der Waals surface area (Å²) in [5.74, 6) is -0.474. The number of sulfonamides is 1. The van der Waals surface area contributed by atoms with E-state index in [-0.39, 0.29) is 34.5 Å². The number of alkyl halides is 2. The number of aliphatic imine (C=N–C) groups is 1. The van der Waals surface area contributed by atoms with Crippen molar-refractivity contribution in [2.75, 3.05) is 12.3 Å². The molecule has 0 spiro atoms. The summed E-state index contributed by atoms with van der Waals surface area (Å²) in [7, 11) is -3.67. The number of hydrogen-bond donors (Lipinski definition) is 1. The third kappa shape index (κ3) is 5.20. The molecule has 0 saturated carbocycles. The van der Waals surface area contributed by atoms with Gasteiger partial charge in [0.25, 0.3) is 0 Å². The van der Waals surface area contributed by atoms with Crippen LogP contribution in [0.1, 0.15) is 61.0 Å². The molecule has 0 amide bonds. The summed E-state index contributed by atoms with van der Waals surface area (Å²) in [6, 6.07) is 4.21. The molecule has 2 aromatic heterocycles. The number of aliphatic hydroxyl groups excluding tert-OH is 1. The summed E-state index contributed by atoms with van der Waals surface area (Å²) in [4.78, 5) is 11.4. The van der Waals surface area contributed by atoms with Crippen molar-refractivity contribution in [3.63, 3.8) is 0 Å². The standard InChI is InChI=1S/C28H28ClF3N6O3S2/c29-21-10-16(30)1-4-20(21)25-24(22-5-7-37(35-22)28(31)32)23-9-15(13-36(23)26(34-25)27-33-6-8-42-27)14-43(40,41)38-17-2-3-18(38)12-19(39)11-17/h1,4-8,10,15,17-19,25,28,39H,2-3,9,11-14H2/t15?,17?,18?,19?,25-/m0/s1. The van der Waals surface area contributed by atoms with Crippen LogP contribution in [-0.4, -0.2) is 73.8 Å². The van der Waals surface area contributed by atoms with Crippen LogP contribution in [-0.2, 0) is 10.0 Å². The molecule has 43 heavy (non-hydrogen) atoms. The first-order valence-corrected chi connectivity index (χ1v) is 16.9. The van der Waals surface area contributed by atoms with Crippen LogP contribution in [0.5, 0.6) is 0 Å². The van der Waals surface area contributed by atoms with Crippen molar-refractivity contribution in [2.45, 2.75) is 62.9 Å². The Morgan fingerprint density at radius 2 is 1.93 bits per heavy atom. The average molecular weight is 653 g/mol. The van der Waals surface area contributed by atoms with Gasteiger partial charge in [-0.1, -0.05) is 17.7 Å². The van der Waals surface area contributed by atoms with Gasteiger partial charge in [-0.3, -0.25) is 4.99 Å². The molecule has 3 aromatic rings. The molecule has 9 nitrogen and oxygen atoms in total. The van der Waals surface area contributed by atoms with Crippen LogP contribution < -0.4 is 0 Å². The van der Waals surface area contributed by atoms with E-state index in [2.05, 4.69) is 10.1 Å². The van der Waals surface area contributed by atoms with Gasteiger partial charge in [-0.15, -0.1) is 11.3 Å². The van der Waals surface area contributed by atoms with Gasteiger partial charge < -0.3 is 10.0 Å². The molecule has 7 rings (SSSR count). The normalized spacial score (nSPS) is 27.7. The van der Waals surface area contributed by atoms with Gasteiger partial charge in [-0.2, -0.15) is 18.2 Å². The zero-order valence-electron chi connectivity index (χ0n) is 22.7. The zero-order valence-corrected chi connectivity index (χ0v) is 25.1. The maximum Gasteiger partial charge on any atom is 0.333 e. The molecule has 15 heteroatoms. The van der Waals surface area contributed by atoms with Gasteiger partial charge in [0.1, 0.15) is 11.9 Å². The lowest BCUT2D eigenvalue weighted by Crippen LogP contribution is -2.49. The number of amidine groups is 1. The molecule has 2 bridgehead atoms. The highest BCUT2D eigenvalue weighted by molar-refractivity contribution is 7.89. The number of thiazole rings is 1. The predicted molar refractivity (Wildman–Crippen MR) is 156 cm³/mol. The van der Waals surface area contributed by atoms with E-state index in [0.717, 1.165) is 12.8 Å². The summed E-state index contributed by atoms with van der Waals surface area (Å²) in [5, 5.41) is 16.9. The van der Waals surface area contributed by atoms with Crippen LogP contribution in [0.3, 0.4) is 0 Å². The smallest absolute Gasteiger partial charge is 0.333 e. The summed E-state index contributed by atoms with van der Waals surface area (Å²) in [6.07, 6.45) is 5.01. The minimum Gasteiger partial charge on any atom is -0.393 e. The number of nitrogens with zero attached hydrogens (tertiary/aromatic N) is 6. The van der Waals surface area contributed by atoms with Crippen molar-refractivity contribution in [1.29, 1.82) is 0 Å². The maximum atomic E-state index is 14.1. The minimum absolute atomic E-state index is 0.109. The van der Waals surface area contributed by atoms with Crippen LogP contribution in [0.2, 0.25) is 5.02 Å². The van der Waals surface area contributed by atoms with Crippen molar-refractivity contribution in [3.8, 4) is 0 Å². The SMILES string of the molecule is O=S(=O)(CC1CC2=C(c3ccn(C(F)F)n3)[C@H](c3ccc(F)cc3Cl)N=C(c3nccs3)N2C1)N1C2CCC1CC(O)C2. The number of aromatic nitrogens is 3. The number of benzene rings is 1. The molecular formula is C28H28ClF3N6O3S2. The molecule has 0 aliphatic carbocycles. The van der Waals surface area contributed by atoms with E-state index in [1.54, 1.807) is 15.9 Å². The monoisotopic (exact) mass is 652 g/mol. The van der Waals surface area contributed by atoms with E-state index >= 15 is 0 Å². The Balaban J connectivity index is 1.31. The highest BCUT2D eigenvalue weighted by Crippen LogP contribution is 2.48. The van der Waals surface area contributed by atoms with Crippen molar-refractivity contribution in [1.82, 2.24) is 24.0 Å². The quantitative estimate of drug-likeness (QED) is 0.382. The first-order chi connectivity index (χ1) is 20.6. The second kappa shape index (κ2) is 11.0. The number of aliphatic hydroxyl groups is 1. The molecule has 3 unspecified atom stereocenters. The molecule has 1 N–H and O–H groups in total. The van der Waals surface area contributed by atoms with Gasteiger partial charge in [0.2, 0.25) is 10.0 Å². The largest absolute Gasteiger partial charge is 0.393 e. The number of hydrogen-bond acceptors (Lipinski definition) is 8. The number of halogens is 4. The van der Waals surface area contributed by atoms with Gasteiger partial charge >= 0.3 is 6.55 Å². The highest BCUT2D eigenvalue weighted by atomic mass is 35.5. The molecule has 4 aliphatic heterocycles. The lowest BCUT2D eigenvalue weighted by atomic mass is 9.92. The molecule has 3 saturated heterocycles. The molecular weight excluding hydrogens is 625 g/mol. The van der Waals surface area contributed by atoms with Gasteiger partial charge in [-0.25, -0.2) is 22.5 Å². The Labute approximate surface area is 255 Å². The van der Waals surface area contributed by atoms with E-state index in [0.29, 0.717) is 58.2 Å². The minimum atomic E-state index is -3.67. The molecule has 0 radical (unpaired) electrons. The maximum absolute atomic E-state index is 14.1. The first kappa shape index (κ1) is 29.0. The summed E-state index contributed by atoms with van der Waals surface area (Å²) in [6.45, 7) is -2.54. The Morgan fingerprint density at radius 3 is 2.58 bits per heavy atom. The lowest BCUT2D eigenvalue weighted by molar-refractivity contribution is 0.0564. The third-order valence-electron chi connectivity index (χ3n) is 8.71. The predicted octanol–water partition coefficient (Wildman–Crippen LogP) is 5.08. The summed E-state index contributed by atoms with van der Waals surface area (Å²) >= 11 is 7.89. The fourth-order valence-electron chi connectivity index (χ4n) is 7.09. The topological polar surface area (TPSA) is 104 Å². The second-order valence-corrected chi connectivity index (χ2v) is 14.7. The van der Waals surface area contributed by atoms with Crippen LogP contribution in [0.25, 0.3) is 5.57 Å². The van der Waals surface area contributed by atoms with Crippen molar-refractivity contribution in [2.24, 2.45) is 10.9 Å². The first-order valence-electron chi connectivity index (χ1n) is 14.0. The number of fused-ring (bicyclic) bond motifs is 3. The van der Waals surface area contributed by atoms with Crippen LogP contribution >= 0.6 is 22.9 Å². The van der Waals surface area contributed by atoms with Gasteiger partial charge in [-0.05, 0) is 56.2 Å².